The minimum absolute atomic E-state index is 0.275. The number of carbonyl (C=O) groups is 1. The van der Waals surface area contributed by atoms with Crippen LogP contribution >= 0.6 is 0 Å². The first-order chi connectivity index (χ1) is 13.9. The van der Waals surface area contributed by atoms with Crippen LogP contribution in [0.15, 0.2) is 24.3 Å². The number of hydrogen-bond donors (Lipinski definition) is 0. The second kappa shape index (κ2) is 8.66. The number of piperidine rings is 1. The highest BCUT2D eigenvalue weighted by molar-refractivity contribution is 5.81. The standard InChI is InChI=1S/C23H31F3N2O/c24-23(25,26)20-6-4-5-17(15-20)16-27-13-10-18(11-14-27)21-7-2-1-3-12-28(21)22(29)19-8-9-19/h4-6,15,18-19,21H,1-3,7-14,16H2. The Balaban J connectivity index is 1.35. The van der Waals surface area contributed by atoms with E-state index in [9.17, 15) is 18.0 Å². The normalized spacial score (nSPS) is 25.1. The van der Waals surface area contributed by atoms with Crippen LogP contribution in [0.25, 0.3) is 0 Å². The van der Waals surface area contributed by atoms with Crippen molar-refractivity contribution < 1.29 is 18.0 Å². The van der Waals surface area contributed by atoms with Gasteiger partial charge in [-0.05, 0) is 69.2 Å². The van der Waals surface area contributed by atoms with Crippen molar-refractivity contribution in [2.75, 3.05) is 19.6 Å². The molecule has 1 atom stereocenters. The second-order valence-electron chi connectivity index (χ2n) is 9.03. The minimum Gasteiger partial charge on any atom is -0.339 e. The summed E-state index contributed by atoms with van der Waals surface area (Å²) in [6.07, 6.45) is 4.49. The van der Waals surface area contributed by atoms with Crippen molar-refractivity contribution in [3.8, 4) is 0 Å². The number of carbonyl (C=O) groups excluding carboxylic acids is 1. The number of hydrogen-bond acceptors (Lipinski definition) is 2. The van der Waals surface area contributed by atoms with Crippen molar-refractivity contribution in [2.45, 2.75) is 70.1 Å². The summed E-state index contributed by atoms with van der Waals surface area (Å²) in [5, 5.41) is 0. The van der Waals surface area contributed by atoms with Gasteiger partial charge in [-0.1, -0.05) is 31.0 Å². The molecular weight excluding hydrogens is 377 g/mol. The Kier molecular flexibility index (Phi) is 6.19. The van der Waals surface area contributed by atoms with Gasteiger partial charge >= 0.3 is 6.18 Å². The summed E-state index contributed by atoms with van der Waals surface area (Å²) in [6, 6.07) is 6.04. The van der Waals surface area contributed by atoms with Crippen molar-refractivity contribution in [1.29, 1.82) is 0 Å². The van der Waals surface area contributed by atoms with Crippen LogP contribution in [0.5, 0.6) is 0 Å². The SMILES string of the molecule is O=C(C1CC1)N1CCCCCC1C1CCN(Cc2cccc(C(F)(F)F)c2)CC1. The predicted molar refractivity (Wildman–Crippen MR) is 106 cm³/mol. The van der Waals surface area contributed by atoms with Crippen LogP contribution in [0.4, 0.5) is 13.2 Å². The zero-order chi connectivity index (χ0) is 20.4. The molecule has 6 heteroatoms. The van der Waals surface area contributed by atoms with E-state index in [1.807, 2.05) is 0 Å². The lowest BCUT2D eigenvalue weighted by molar-refractivity contribution is -0.138. The second-order valence-corrected chi connectivity index (χ2v) is 9.03. The molecule has 3 fully saturated rings. The van der Waals surface area contributed by atoms with E-state index in [0.29, 0.717) is 24.4 Å². The van der Waals surface area contributed by atoms with Crippen molar-refractivity contribution in [2.24, 2.45) is 11.8 Å². The number of alkyl halides is 3. The lowest BCUT2D eigenvalue weighted by Gasteiger charge is -2.41. The maximum atomic E-state index is 13.0. The van der Waals surface area contributed by atoms with Gasteiger partial charge in [0.05, 0.1) is 5.56 Å². The molecule has 0 N–H and O–H groups in total. The first-order valence-electron chi connectivity index (χ1n) is 11.1. The van der Waals surface area contributed by atoms with Crippen molar-refractivity contribution in [3.63, 3.8) is 0 Å². The van der Waals surface area contributed by atoms with Crippen LogP contribution in [0.2, 0.25) is 0 Å². The van der Waals surface area contributed by atoms with Gasteiger partial charge in [0.25, 0.3) is 0 Å². The summed E-state index contributed by atoms with van der Waals surface area (Å²) in [4.78, 5) is 17.3. The molecule has 2 heterocycles. The fourth-order valence-electron chi connectivity index (χ4n) is 5.06. The summed E-state index contributed by atoms with van der Waals surface area (Å²) in [6.45, 7) is 3.25. The van der Waals surface area contributed by atoms with E-state index >= 15 is 0 Å². The van der Waals surface area contributed by atoms with E-state index in [1.54, 1.807) is 6.07 Å². The van der Waals surface area contributed by atoms with Crippen LogP contribution in [-0.4, -0.2) is 41.4 Å². The van der Waals surface area contributed by atoms with E-state index in [1.165, 1.54) is 25.0 Å². The van der Waals surface area contributed by atoms with Crippen LogP contribution in [0.1, 0.15) is 62.5 Å². The fourth-order valence-corrected chi connectivity index (χ4v) is 5.06. The van der Waals surface area contributed by atoms with Crippen LogP contribution in [-0.2, 0) is 17.5 Å². The molecule has 1 aromatic rings. The van der Waals surface area contributed by atoms with Crippen LogP contribution in [0, 0.1) is 11.8 Å². The maximum Gasteiger partial charge on any atom is 0.416 e. The van der Waals surface area contributed by atoms with Gasteiger partial charge in [-0.3, -0.25) is 9.69 Å². The largest absolute Gasteiger partial charge is 0.416 e. The zero-order valence-electron chi connectivity index (χ0n) is 17.0. The summed E-state index contributed by atoms with van der Waals surface area (Å²) in [5.41, 5.74) is 0.149. The van der Waals surface area contributed by atoms with E-state index in [-0.39, 0.29) is 5.92 Å². The summed E-state index contributed by atoms with van der Waals surface area (Å²) in [7, 11) is 0. The lowest BCUT2D eigenvalue weighted by atomic mass is 9.85. The molecule has 0 aromatic heterocycles. The molecule has 0 bridgehead atoms. The quantitative estimate of drug-likeness (QED) is 0.692. The minimum atomic E-state index is -4.29. The van der Waals surface area contributed by atoms with E-state index in [4.69, 9.17) is 0 Å². The number of halogens is 3. The van der Waals surface area contributed by atoms with Crippen LogP contribution in [0.3, 0.4) is 0 Å². The summed E-state index contributed by atoms with van der Waals surface area (Å²) in [5.74, 6) is 1.17. The number of likely N-dealkylation sites (tertiary alicyclic amines) is 2. The first-order valence-corrected chi connectivity index (χ1v) is 11.1. The van der Waals surface area contributed by atoms with Crippen molar-refractivity contribution in [3.05, 3.63) is 35.4 Å². The Labute approximate surface area is 171 Å². The Bertz CT molecular complexity index is 708. The van der Waals surface area contributed by atoms with Crippen LogP contribution < -0.4 is 0 Å². The smallest absolute Gasteiger partial charge is 0.339 e. The van der Waals surface area contributed by atoms with E-state index < -0.39 is 11.7 Å². The number of amides is 1. The van der Waals surface area contributed by atoms with E-state index in [2.05, 4.69) is 9.80 Å². The Morgan fingerprint density at radius 3 is 2.41 bits per heavy atom. The molecule has 0 spiro atoms. The molecule has 160 valence electrons. The van der Waals surface area contributed by atoms with Gasteiger partial charge in [0.1, 0.15) is 0 Å². The van der Waals surface area contributed by atoms with Gasteiger partial charge in [-0.2, -0.15) is 13.2 Å². The van der Waals surface area contributed by atoms with Gasteiger partial charge in [0, 0.05) is 25.0 Å². The molecule has 4 rings (SSSR count). The van der Waals surface area contributed by atoms with Crippen molar-refractivity contribution in [1.82, 2.24) is 9.80 Å². The highest BCUT2D eigenvalue weighted by atomic mass is 19.4. The third-order valence-corrected chi connectivity index (χ3v) is 6.85. The zero-order valence-corrected chi connectivity index (χ0v) is 17.0. The third-order valence-electron chi connectivity index (χ3n) is 6.85. The molecule has 29 heavy (non-hydrogen) atoms. The third kappa shape index (κ3) is 5.14. The first kappa shape index (κ1) is 20.7. The summed E-state index contributed by atoms with van der Waals surface area (Å²) >= 11 is 0. The molecular formula is C23H31F3N2O. The molecule has 3 aliphatic rings. The topological polar surface area (TPSA) is 23.6 Å². The van der Waals surface area contributed by atoms with Gasteiger partial charge in [-0.25, -0.2) is 0 Å². The molecule has 1 aromatic carbocycles. The molecule has 3 nitrogen and oxygen atoms in total. The molecule has 1 amide bonds. The summed E-state index contributed by atoms with van der Waals surface area (Å²) < 4.78 is 38.9. The number of rotatable bonds is 4. The Morgan fingerprint density at radius 1 is 0.966 bits per heavy atom. The lowest BCUT2D eigenvalue weighted by Crippen LogP contribution is -2.48. The predicted octanol–water partition coefficient (Wildman–Crippen LogP) is 5.10. The van der Waals surface area contributed by atoms with Gasteiger partial charge < -0.3 is 4.90 Å². The fraction of sp³-hybridized carbons (Fsp3) is 0.696. The maximum absolute atomic E-state index is 13.0. The highest BCUT2D eigenvalue weighted by Crippen LogP contribution is 2.36. The number of benzene rings is 1. The van der Waals surface area contributed by atoms with Gasteiger partial charge in [0.2, 0.25) is 5.91 Å². The Morgan fingerprint density at radius 2 is 1.72 bits per heavy atom. The highest BCUT2D eigenvalue weighted by Gasteiger charge is 2.39. The van der Waals surface area contributed by atoms with Gasteiger partial charge in [-0.15, -0.1) is 0 Å². The molecule has 0 radical (unpaired) electrons. The average molecular weight is 409 g/mol. The molecule has 2 saturated heterocycles. The monoisotopic (exact) mass is 408 g/mol. The molecule has 1 aliphatic carbocycles. The van der Waals surface area contributed by atoms with Gasteiger partial charge in [0.15, 0.2) is 0 Å². The Hall–Kier alpha value is -1.56. The molecule has 1 unspecified atom stereocenters. The van der Waals surface area contributed by atoms with E-state index in [0.717, 1.165) is 69.8 Å². The van der Waals surface area contributed by atoms with Crippen molar-refractivity contribution >= 4 is 5.91 Å². The molecule has 2 aliphatic heterocycles. The number of nitrogens with zero attached hydrogens (tertiary/aromatic N) is 2. The average Bonchev–Trinajstić information content (AvgIpc) is 3.55. The molecule has 1 saturated carbocycles.